The van der Waals surface area contributed by atoms with Crippen LogP contribution in [0, 0.1) is 0 Å². The minimum absolute atomic E-state index is 0.0613. The smallest absolute Gasteiger partial charge is 0.321 e. The summed E-state index contributed by atoms with van der Waals surface area (Å²) in [5.74, 6) is 0. The highest BCUT2D eigenvalue weighted by Crippen LogP contribution is 2.25. The van der Waals surface area contributed by atoms with Gasteiger partial charge in [-0.25, -0.2) is 4.79 Å². The van der Waals surface area contributed by atoms with Crippen molar-refractivity contribution in [1.82, 2.24) is 14.7 Å². The lowest BCUT2D eigenvalue weighted by Gasteiger charge is -2.26. The fourth-order valence-corrected chi connectivity index (χ4v) is 2.62. The summed E-state index contributed by atoms with van der Waals surface area (Å²) in [5, 5.41) is 7.24. The molecular weight excluding hydrogens is 280 g/mol. The zero-order valence-electron chi connectivity index (χ0n) is 14.3. The van der Waals surface area contributed by atoms with Gasteiger partial charge in [0.05, 0.1) is 23.0 Å². The van der Waals surface area contributed by atoms with E-state index in [1.54, 1.807) is 13.3 Å². The van der Waals surface area contributed by atoms with Crippen molar-refractivity contribution in [1.29, 1.82) is 0 Å². The van der Waals surface area contributed by atoms with E-state index in [-0.39, 0.29) is 17.2 Å². The number of likely N-dealkylation sites (tertiary alicyclic amines) is 1. The molecule has 124 valence electrons. The number of anilines is 1. The summed E-state index contributed by atoms with van der Waals surface area (Å²) in [4.78, 5) is 14.3. The molecule has 1 aliphatic rings. The predicted molar refractivity (Wildman–Crippen MR) is 87.1 cm³/mol. The Morgan fingerprint density at radius 1 is 1.36 bits per heavy atom. The second kappa shape index (κ2) is 6.28. The Labute approximate surface area is 132 Å². The number of methoxy groups -OCH3 is 1. The largest absolute Gasteiger partial charge is 0.378 e. The summed E-state index contributed by atoms with van der Waals surface area (Å²) in [5.41, 5.74) is 0.525. The van der Waals surface area contributed by atoms with Gasteiger partial charge >= 0.3 is 6.03 Å². The number of amides is 2. The van der Waals surface area contributed by atoms with Gasteiger partial charge in [0.15, 0.2) is 0 Å². The van der Waals surface area contributed by atoms with Gasteiger partial charge in [0.2, 0.25) is 0 Å². The molecule has 0 spiro atoms. The molecule has 0 radical (unpaired) electrons. The molecule has 22 heavy (non-hydrogen) atoms. The third-order valence-corrected chi connectivity index (χ3v) is 4.35. The zero-order chi connectivity index (χ0) is 16.4. The maximum atomic E-state index is 12.4. The molecule has 0 aliphatic carbocycles. The molecule has 1 aromatic rings. The van der Waals surface area contributed by atoms with E-state index in [2.05, 4.69) is 38.1 Å². The van der Waals surface area contributed by atoms with Crippen molar-refractivity contribution in [3.63, 3.8) is 0 Å². The van der Waals surface area contributed by atoms with Gasteiger partial charge in [-0.15, -0.1) is 0 Å². The van der Waals surface area contributed by atoms with Crippen LogP contribution in [0.25, 0.3) is 0 Å². The molecule has 1 N–H and O–H groups in total. The van der Waals surface area contributed by atoms with E-state index >= 15 is 0 Å². The van der Waals surface area contributed by atoms with Gasteiger partial charge in [-0.3, -0.25) is 4.68 Å². The van der Waals surface area contributed by atoms with E-state index in [0.29, 0.717) is 6.54 Å². The van der Waals surface area contributed by atoms with Crippen LogP contribution in [0.2, 0.25) is 0 Å². The highest BCUT2D eigenvalue weighted by molar-refractivity contribution is 5.89. The highest BCUT2D eigenvalue weighted by Gasteiger charge is 2.29. The van der Waals surface area contributed by atoms with Gasteiger partial charge < -0.3 is 15.0 Å². The van der Waals surface area contributed by atoms with Crippen LogP contribution >= 0.6 is 0 Å². The SMILES string of the molecule is COC1(C)CCCN(C(=O)Nc2cnn(C(C)(C)C)c2)CC1. The third-order valence-electron chi connectivity index (χ3n) is 4.35. The number of aromatic nitrogens is 2. The maximum absolute atomic E-state index is 12.4. The molecule has 2 amide bonds. The first kappa shape index (κ1) is 16.8. The maximum Gasteiger partial charge on any atom is 0.321 e. The number of ether oxygens (including phenoxy) is 1. The number of hydrogen-bond donors (Lipinski definition) is 1. The summed E-state index contributed by atoms with van der Waals surface area (Å²) in [7, 11) is 1.75. The molecule has 0 aromatic carbocycles. The number of nitrogens with zero attached hydrogens (tertiary/aromatic N) is 3. The first-order valence-electron chi connectivity index (χ1n) is 7.90. The quantitative estimate of drug-likeness (QED) is 0.913. The first-order valence-corrected chi connectivity index (χ1v) is 7.90. The van der Waals surface area contributed by atoms with Crippen LogP contribution in [-0.4, -0.2) is 46.5 Å². The van der Waals surface area contributed by atoms with E-state index in [9.17, 15) is 4.79 Å². The van der Waals surface area contributed by atoms with Gasteiger partial charge in [0, 0.05) is 26.4 Å². The first-order chi connectivity index (χ1) is 10.2. The molecule has 1 saturated heterocycles. The summed E-state index contributed by atoms with van der Waals surface area (Å²) in [6.07, 6.45) is 6.36. The van der Waals surface area contributed by atoms with Crippen LogP contribution in [-0.2, 0) is 10.3 Å². The minimum atomic E-state index is -0.119. The van der Waals surface area contributed by atoms with Crippen LogP contribution in [0.4, 0.5) is 10.5 Å². The lowest BCUT2D eigenvalue weighted by molar-refractivity contribution is -0.00491. The zero-order valence-corrected chi connectivity index (χ0v) is 14.3. The normalized spacial score (nSPS) is 23.2. The van der Waals surface area contributed by atoms with Gasteiger partial charge in [-0.05, 0) is 47.0 Å². The number of carbonyl (C=O) groups is 1. The number of rotatable bonds is 2. The molecular formula is C16H28N4O2. The van der Waals surface area contributed by atoms with E-state index < -0.39 is 0 Å². The second-order valence-electron chi connectivity index (χ2n) is 7.27. The molecule has 0 bridgehead atoms. The van der Waals surface area contributed by atoms with Gasteiger partial charge in [0.25, 0.3) is 0 Å². The monoisotopic (exact) mass is 308 g/mol. The highest BCUT2D eigenvalue weighted by atomic mass is 16.5. The van der Waals surface area contributed by atoms with Crippen molar-refractivity contribution < 1.29 is 9.53 Å². The Morgan fingerprint density at radius 3 is 2.68 bits per heavy atom. The number of hydrogen-bond acceptors (Lipinski definition) is 3. The Balaban J connectivity index is 1.96. The molecule has 1 atom stereocenters. The predicted octanol–water partition coefficient (Wildman–Crippen LogP) is 3.06. The molecule has 2 heterocycles. The Kier molecular flexibility index (Phi) is 4.80. The van der Waals surface area contributed by atoms with E-state index in [1.807, 2.05) is 15.8 Å². The second-order valence-corrected chi connectivity index (χ2v) is 7.27. The summed E-state index contributed by atoms with van der Waals surface area (Å²) in [6, 6.07) is -0.0613. The van der Waals surface area contributed by atoms with Crippen molar-refractivity contribution in [3.05, 3.63) is 12.4 Å². The average Bonchev–Trinajstić information content (AvgIpc) is 2.82. The van der Waals surface area contributed by atoms with Crippen LogP contribution in [0.15, 0.2) is 12.4 Å². The number of urea groups is 1. The van der Waals surface area contributed by atoms with Crippen molar-refractivity contribution >= 4 is 11.7 Å². The molecule has 1 fully saturated rings. The van der Waals surface area contributed by atoms with Crippen molar-refractivity contribution in [2.75, 3.05) is 25.5 Å². The summed E-state index contributed by atoms with van der Waals surface area (Å²) >= 11 is 0. The van der Waals surface area contributed by atoms with Crippen molar-refractivity contribution in [3.8, 4) is 0 Å². The Bertz CT molecular complexity index is 520. The summed E-state index contributed by atoms with van der Waals surface area (Å²) in [6.45, 7) is 9.81. The van der Waals surface area contributed by atoms with E-state index in [0.717, 1.165) is 31.5 Å². The van der Waals surface area contributed by atoms with E-state index in [1.165, 1.54) is 0 Å². The van der Waals surface area contributed by atoms with Crippen LogP contribution in [0.5, 0.6) is 0 Å². The lowest BCUT2D eigenvalue weighted by Crippen LogP contribution is -2.37. The lowest BCUT2D eigenvalue weighted by atomic mass is 9.97. The summed E-state index contributed by atoms with van der Waals surface area (Å²) < 4.78 is 7.43. The van der Waals surface area contributed by atoms with Crippen molar-refractivity contribution in [2.45, 2.75) is 58.1 Å². The van der Waals surface area contributed by atoms with Crippen LogP contribution in [0.1, 0.15) is 47.0 Å². The average molecular weight is 308 g/mol. The molecule has 1 aliphatic heterocycles. The standard InChI is InChI=1S/C16H28N4O2/c1-15(2,3)20-12-13(11-17-20)18-14(21)19-9-6-7-16(4,22-5)8-10-19/h11-12H,6-10H2,1-5H3,(H,18,21). The topological polar surface area (TPSA) is 59.4 Å². The number of carbonyl (C=O) groups excluding carboxylic acids is 1. The van der Waals surface area contributed by atoms with Crippen LogP contribution in [0.3, 0.4) is 0 Å². The Hall–Kier alpha value is -1.56. The van der Waals surface area contributed by atoms with Crippen LogP contribution < -0.4 is 5.32 Å². The van der Waals surface area contributed by atoms with E-state index in [4.69, 9.17) is 4.74 Å². The fourth-order valence-electron chi connectivity index (χ4n) is 2.62. The Morgan fingerprint density at radius 2 is 2.09 bits per heavy atom. The molecule has 2 rings (SSSR count). The molecule has 1 unspecified atom stereocenters. The molecule has 1 aromatic heterocycles. The molecule has 6 nitrogen and oxygen atoms in total. The van der Waals surface area contributed by atoms with Gasteiger partial charge in [-0.1, -0.05) is 0 Å². The molecule has 0 saturated carbocycles. The van der Waals surface area contributed by atoms with Crippen molar-refractivity contribution in [2.24, 2.45) is 0 Å². The number of nitrogens with one attached hydrogen (secondary N) is 1. The fraction of sp³-hybridized carbons (Fsp3) is 0.750. The van der Waals surface area contributed by atoms with Gasteiger partial charge in [-0.2, -0.15) is 5.10 Å². The third kappa shape index (κ3) is 4.00. The minimum Gasteiger partial charge on any atom is -0.378 e. The van der Waals surface area contributed by atoms with Gasteiger partial charge in [0.1, 0.15) is 0 Å². The molecule has 6 heteroatoms.